The molecule has 2 nitrogen and oxygen atoms in total. The highest BCUT2D eigenvalue weighted by Crippen LogP contribution is 2.25. The minimum atomic E-state index is -0.493. The summed E-state index contributed by atoms with van der Waals surface area (Å²) in [6.07, 6.45) is 0. The van der Waals surface area contributed by atoms with E-state index in [1.807, 2.05) is 51.1 Å². The Bertz CT molecular complexity index is 654. The lowest BCUT2D eigenvalue weighted by Gasteiger charge is -2.19. The van der Waals surface area contributed by atoms with Gasteiger partial charge in [-0.3, -0.25) is 0 Å². The summed E-state index contributed by atoms with van der Waals surface area (Å²) in [7, 11) is 0. The first-order chi connectivity index (χ1) is 9.92. The highest BCUT2D eigenvalue weighted by molar-refractivity contribution is 5.48. The molecule has 2 aromatic carbocycles. The van der Waals surface area contributed by atoms with Gasteiger partial charge in [0.15, 0.2) is 0 Å². The largest absolute Gasteiger partial charge is 0.379 e. The van der Waals surface area contributed by atoms with E-state index >= 15 is 0 Å². The van der Waals surface area contributed by atoms with Crippen molar-refractivity contribution in [3.8, 4) is 6.07 Å². The molecule has 0 saturated heterocycles. The molecule has 0 amide bonds. The van der Waals surface area contributed by atoms with Crippen LogP contribution in [0.15, 0.2) is 48.5 Å². The van der Waals surface area contributed by atoms with Gasteiger partial charge in [-0.2, -0.15) is 5.26 Å². The lowest BCUT2D eigenvalue weighted by molar-refractivity contribution is 0.623. The van der Waals surface area contributed by atoms with Crippen LogP contribution in [0.4, 0.5) is 10.1 Å². The molecule has 0 aliphatic rings. The van der Waals surface area contributed by atoms with Crippen molar-refractivity contribution in [1.82, 2.24) is 0 Å². The summed E-state index contributed by atoms with van der Waals surface area (Å²) in [5, 5.41) is 12.5. The Hall–Kier alpha value is -2.34. The van der Waals surface area contributed by atoms with E-state index in [-0.39, 0.29) is 11.9 Å². The summed E-state index contributed by atoms with van der Waals surface area (Å²) in [5.74, 6) is -0.229. The van der Waals surface area contributed by atoms with Crippen LogP contribution in [0.25, 0.3) is 0 Å². The Kier molecular flexibility index (Phi) is 4.28. The van der Waals surface area contributed by atoms with Crippen molar-refractivity contribution < 1.29 is 4.39 Å². The third kappa shape index (κ3) is 3.61. The van der Waals surface area contributed by atoms with E-state index < -0.39 is 5.41 Å². The maximum Gasteiger partial charge on any atom is 0.123 e. The minimum Gasteiger partial charge on any atom is -0.379 e. The van der Waals surface area contributed by atoms with Crippen LogP contribution in [0.3, 0.4) is 0 Å². The Balaban J connectivity index is 2.12. The van der Waals surface area contributed by atoms with Crippen LogP contribution >= 0.6 is 0 Å². The van der Waals surface area contributed by atoms with Gasteiger partial charge in [-0.25, -0.2) is 4.39 Å². The third-order valence-corrected chi connectivity index (χ3v) is 3.62. The van der Waals surface area contributed by atoms with E-state index in [0.29, 0.717) is 0 Å². The lowest BCUT2D eigenvalue weighted by atomic mass is 9.86. The second kappa shape index (κ2) is 5.97. The molecule has 0 spiro atoms. The molecular formula is C18H19FN2. The number of hydrogen-bond donors (Lipinski definition) is 1. The van der Waals surface area contributed by atoms with E-state index in [2.05, 4.69) is 11.4 Å². The molecule has 0 aromatic heterocycles. The molecule has 0 heterocycles. The second-order valence-corrected chi connectivity index (χ2v) is 5.74. The Morgan fingerprint density at radius 1 is 1.14 bits per heavy atom. The van der Waals surface area contributed by atoms with Gasteiger partial charge in [0.2, 0.25) is 0 Å². The first-order valence-electron chi connectivity index (χ1n) is 6.96. The Labute approximate surface area is 125 Å². The van der Waals surface area contributed by atoms with Gasteiger partial charge in [-0.1, -0.05) is 24.3 Å². The summed E-state index contributed by atoms with van der Waals surface area (Å²) in [5.41, 5.74) is 2.34. The zero-order valence-corrected chi connectivity index (χ0v) is 12.5. The zero-order valence-electron chi connectivity index (χ0n) is 12.5. The first kappa shape index (κ1) is 15.1. The van der Waals surface area contributed by atoms with Crippen LogP contribution in [0, 0.1) is 17.1 Å². The number of nitrogens with one attached hydrogen (secondary N) is 1. The molecule has 0 aliphatic heterocycles. The summed E-state index contributed by atoms with van der Waals surface area (Å²) in [6.45, 7) is 5.78. The average molecular weight is 282 g/mol. The van der Waals surface area contributed by atoms with E-state index in [4.69, 9.17) is 5.26 Å². The molecule has 3 heteroatoms. The van der Waals surface area contributed by atoms with E-state index in [0.717, 1.165) is 16.8 Å². The van der Waals surface area contributed by atoms with Crippen molar-refractivity contribution in [2.45, 2.75) is 32.2 Å². The molecule has 0 aliphatic carbocycles. The first-order valence-corrected chi connectivity index (χ1v) is 6.96. The second-order valence-electron chi connectivity index (χ2n) is 5.74. The van der Waals surface area contributed by atoms with Crippen LogP contribution in [0.1, 0.15) is 37.9 Å². The zero-order chi connectivity index (χ0) is 15.5. The fraction of sp³-hybridized carbons (Fsp3) is 0.278. The molecule has 0 bridgehead atoms. The molecule has 1 unspecified atom stereocenters. The fourth-order valence-electron chi connectivity index (χ4n) is 2.16. The van der Waals surface area contributed by atoms with Crippen molar-refractivity contribution >= 4 is 5.69 Å². The molecule has 0 saturated carbocycles. The molecule has 1 atom stereocenters. The predicted molar refractivity (Wildman–Crippen MR) is 83.5 cm³/mol. The van der Waals surface area contributed by atoms with Crippen LogP contribution < -0.4 is 5.32 Å². The molecule has 0 fully saturated rings. The Morgan fingerprint density at radius 2 is 1.81 bits per heavy atom. The van der Waals surface area contributed by atoms with Crippen molar-refractivity contribution in [3.05, 3.63) is 65.5 Å². The van der Waals surface area contributed by atoms with Crippen LogP contribution in [0.5, 0.6) is 0 Å². The van der Waals surface area contributed by atoms with Crippen molar-refractivity contribution in [2.75, 3.05) is 5.32 Å². The molecule has 108 valence electrons. The van der Waals surface area contributed by atoms with Crippen LogP contribution in [0.2, 0.25) is 0 Å². The van der Waals surface area contributed by atoms with E-state index in [9.17, 15) is 4.39 Å². The number of anilines is 1. The Morgan fingerprint density at radius 3 is 2.38 bits per heavy atom. The molecular weight excluding hydrogens is 263 g/mol. The summed E-state index contributed by atoms with van der Waals surface area (Å²) in [4.78, 5) is 0. The lowest BCUT2D eigenvalue weighted by Crippen LogP contribution is -2.14. The third-order valence-electron chi connectivity index (χ3n) is 3.62. The number of halogens is 1. The summed E-state index contributed by atoms with van der Waals surface area (Å²) >= 11 is 0. The highest BCUT2D eigenvalue weighted by Gasteiger charge is 2.19. The van der Waals surface area contributed by atoms with Crippen molar-refractivity contribution in [1.29, 1.82) is 5.26 Å². The fourth-order valence-corrected chi connectivity index (χ4v) is 2.16. The average Bonchev–Trinajstić information content (AvgIpc) is 2.48. The van der Waals surface area contributed by atoms with Gasteiger partial charge in [0.1, 0.15) is 5.82 Å². The quantitative estimate of drug-likeness (QED) is 0.874. The molecule has 2 aromatic rings. The van der Waals surface area contributed by atoms with Gasteiger partial charge in [-0.05, 0) is 56.2 Å². The van der Waals surface area contributed by atoms with Gasteiger partial charge >= 0.3 is 0 Å². The molecule has 0 radical (unpaired) electrons. The van der Waals surface area contributed by atoms with E-state index in [1.54, 1.807) is 6.07 Å². The van der Waals surface area contributed by atoms with Gasteiger partial charge in [0.05, 0.1) is 11.5 Å². The minimum absolute atomic E-state index is 0.00975. The maximum absolute atomic E-state index is 13.2. The number of hydrogen-bond acceptors (Lipinski definition) is 2. The SMILES string of the molecule is CC(Nc1ccc(C(C)(C)C#N)cc1)c1cccc(F)c1. The van der Waals surface area contributed by atoms with Gasteiger partial charge < -0.3 is 5.32 Å². The topological polar surface area (TPSA) is 35.8 Å². The smallest absolute Gasteiger partial charge is 0.123 e. The normalized spacial score (nSPS) is 12.5. The number of nitrogens with zero attached hydrogens (tertiary/aromatic N) is 1. The van der Waals surface area contributed by atoms with Crippen LogP contribution in [-0.4, -0.2) is 0 Å². The molecule has 2 rings (SSSR count). The van der Waals surface area contributed by atoms with Crippen molar-refractivity contribution in [2.24, 2.45) is 0 Å². The monoisotopic (exact) mass is 282 g/mol. The van der Waals surface area contributed by atoms with Gasteiger partial charge in [0.25, 0.3) is 0 Å². The van der Waals surface area contributed by atoms with Gasteiger partial charge in [0, 0.05) is 11.7 Å². The van der Waals surface area contributed by atoms with Crippen LogP contribution in [-0.2, 0) is 5.41 Å². The molecule has 1 N–H and O–H groups in total. The van der Waals surface area contributed by atoms with Gasteiger partial charge in [-0.15, -0.1) is 0 Å². The molecule has 21 heavy (non-hydrogen) atoms. The maximum atomic E-state index is 13.2. The van der Waals surface area contributed by atoms with Crippen molar-refractivity contribution in [3.63, 3.8) is 0 Å². The van der Waals surface area contributed by atoms with E-state index in [1.165, 1.54) is 12.1 Å². The standard InChI is InChI=1S/C18H19FN2/c1-13(14-5-4-6-16(19)11-14)21-17-9-7-15(8-10-17)18(2,3)12-20/h4-11,13,21H,1-3H3. The summed E-state index contributed by atoms with van der Waals surface area (Å²) in [6, 6.07) is 16.7. The number of rotatable bonds is 4. The predicted octanol–water partition coefficient (Wildman–Crippen LogP) is 4.80. The number of benzene rings is 2. The highest BCUT2D eigenvalue weighted by atomic mass is 19.1. The summed E-state index contributed by atoms with van der Waals surface area (Å²) < 4.78 is 13.2. The number of nitriles is 1.